The molecule has 2 aromatic rings. The Morgan fingerprint density at radius 3 is 2.82 bits per heavy atom. The second-order valence-corrected chi connectivity index (χ2v) is 4.74. The molecule has 1 N–H and O–H groups in total. The van der Waals surface area contributed by atoms with Crippen molar-refractivity contribution < 1.29 is 4.39 Å². The molecular formula is C12H9BrClFN2. The van der Waals surface area contributed by atoms with Crippen LogP contribution in [0.15, 0.2) is 34.9 Å². The first-order valence-corrected chi connectivity index (χ1v) is 6.08. The fraction of sp³-hybridized carbons (Fsp3) is 0.0833. The van der Waals surface area contributed by atoms with Crippen molar-refractivity contribution in [2.75, 3.05) is 5.32 Å². The average Bonchev–Trinajstić information content (AvgIpc) is 2.28. The zero-order valence-corrected chi connectivity index (χ0v) is 11.3. The van der Waals surface area contributed by atoms with Gasteiger partial charge in [0.05, 0.1) is 15.2 Å². The van der Waals surface area contributed by atoms with Gasteiger partial charge in [0.25, 0.3) is 0 Å². The Balaban J connectivity index is 2.35. The minimum atomic E-state index is -0.364. The highest BCUT2D eigenvalue weighted by molar-refractivity contribution is 9.10. The third-order valence-corrected chi connectivity index (χ3v) is 3.58. The molecule has 0 atom stereocenters. The maximum Gasteiger partial charge on any atom is 0.144 e. The van der Waals surface area contributed by atoms with Gasteiger partial charge in [0.2, 0.25) is 0 Å². The molecule has 2 rings (SSSR count). The van der Waals surface area contributed by atoms with Gasteiger partial charge in [0, 0.05) is 6.20 Å². The lowest BCUT2D eigenvalue weighted by Crippen LogP contribution is -1.96. The van der Waals surface area contributed by atoms with E-state index in [4.69, 9.17) is 11.6 Å². The van der Waals surface area contributed by atoms with Gasteiger partial charge in [0.15, 0.2) is 0 Å². The molecule has 1 aromatic heterocycles. The summed E-state index contributed by atoms with van der Waals surface area (Å²) in [6, 6.07) is 6.07. The van der Waals surface area contributed by atoms with E-state index in [1.165, 1.54) is 12.1 Å². The number of halogens is 3. The second kappa shape index (κ2) is 5.02. The van der Waals surface area contributed by atoms with Crippen LogP contribution in [0.3, 0.4) is 0 Å². The van der Waals surface area contributed by atoms with Crippen molar-refractivity contribution in [2.24, 2.45) is 0 Å². The molecule has 0 fully saturated rings. The highest BCUT2D eigenvalue weighted by Gasteiger charge is 2.07. The molecule has 0 aliphatic heterocycles. The van der Waals surface area contributed by atoms with E-state index in [9.17, 15) is 4.39 Å². The molecule has 0 unspecified atom stereocenters. The Kier molecular flexibility index (Phi) is 3.64. The lowest BCUT2D eigenvalue weighted by Gasteiger charge is -2.10. The van der Waals surface area contributed by atoms with Crippen LogP contribution < -0.4 is 5.32 Å². The third-order valence-electron chi connectivity index (χ3n) is 2.27. The van der Waals surface area contributed by atoms with Gasteiger partial charge in [-0.25, -0.2) is 9.37 Å². The predicted octanol–water partition coefficient (Wildman–Crippen LogP) is 4.69. The maximum atomic E-state index is 12.9. The second-order valence-electron chi connectivity index (χ2n) is 3.54. The summed E-state index contributed by atoms with van der Waals surface area (Å²) < 4.78 is 13.8. The molecule has 17 heavy (non-hydrogen) atoms. The standard InChI is InChI=1S/C12H9BrClFN2/c1-7-4-5-16-12(11(7)13)17-10-3-2-8(15)6-9(10)14/h2-6H,1H3,(H,16,17). The first kappa shape index (κ1) is 12.3. The van der Waals surface area contributed by atoms with Crippen molar-refractivity contribution in [2.45, 2.75) is 6.92 Å². The van der Waals surface area contributed by atoms with Crippen LogP contribution in [0.5, 0.6) is 0 Å². The number of nitrogens with one attached hydrogen (secondary N) is 1. The van der Waals surface area contributed by atoms with Crippen LogP contribution >= 0.6 is 27.5 Å². The topological polar surface area (TPSA) is 24.9 Å². The molecule has 0 amide bonds. The lowest BCUT2D eigenvalue weighted by atomic mass is 10.2. The number of aryl methyl sites for hydroxylation is 1. The van der Waals surface area contributed by atoms with E-state index in [1.807, 2.05) is 13.0 Å². The van der Waals surface area contributed by atoms with Gasteiger partial charge in [0.1, 0.15) is 11.6 Å². The molecule has 2 nitrogen and oxygen atoms in total. The van der Waals surface area contributed by atoms with Gasteiger partial charge in [-0.3, -0.25) is 0 Å². The molecule has 0 spiro atoms. The van der Waals surface area contributed by atoms with E-state index in [0.29, 0.717) is 16.5 Å². The van der Waals surface area contributed by atoms with E-state index in [1.54, 1.807) is 12.3 Å². The lowest BCUT2D eigenvalue weighted by molar-refractivity contribution is 0.628. The molecule has 0 saturated carbocycles. The molecule has 5 heteroatoms. The minimum absolute atomic E-state index is 0.320. The number of rotatable bonds is 2. The van der Waals surface area contributed by atoms with Crippen LogP contribution in [0.1, 0.15) is 5.56 Å². The summed E-state index contributed by atoms with van der Waals surface area (Å²) in [7, 11) is 0. The number of hydrogen-bond donors (Lipinski definition) is 1. The summed E-state index contributed by atoms with van der Waals surface area (Å²) in [5.74, 6) is 0.287. The Morgan fingerprint density at radius 2 is 2.12 bits per heavy atom. The minimum Gasteiger partial charge on any atom is -0.338 e. The smallest absolute Gasteiger partial charge is 0.144 e. The van der Waals surface area contributed by atoms with Crippen molar-refractivity contribution in [3.8, 4) is 0 Å². The number of anilines is 2. The van der Waals surface area contributed by atoms with Crippen LogP contribution in [0.25, 0.3) is 0 Å². The highest BCUT2D eigenvalue weighted by Crippen LogP contribution is 2.30. The summed E-state index contributed by atoms with van der Waals surface area (Å²) in [6.07, 6.45) is 1.69. The predicted molar refractivity (Wildman–Crippen MR) is 71.4 cm³/mol. The molecule has 0 saturated heterocycles. The van der Waals surface area contributed by atoms with Crippen LogP contribution in [0.4, 0.5) is 15.9 Å². The molecule has 0 bridgehead atoms. The zero-order valence-electron chi connectivity index (χ0n) is 8.97. The molecule has 1 aromatic carbocycles. The van der Waals surface area contributed by atoms with Gasteiger partial charge < -0.3 is 5.32 Å². The highest BCUT2D eigenvalue weighted by atomic mass is 79.9. The third kappa shape index (κ3) is 2.76. The normalized spacial score (nSPS) is 10.4. The van der Waals surface area contributed by atoms with Gasteiger partial charge in [-0.2, -0.15) is 0 Å². The molecule has 0 aliphatic carbocycles. The van der Waals surface area contributed by atoms with Gasteiger partial charge in [-0.15, -0.1) is 0 Å². The molecule has 0 aliphatic rings. The summed E-state index contributed by atoms with van der Waals surface area (Å²) in [5.41, 5.74) is 1.67. The van der Waals surface area contributed by atoms with Crippen LogP contribution in [0.2, 0.25) is 5.02 Å². The SMILES string of the molecule is Cc1ccnc(Nc2ccc(F)cc2Cl)c1Br. The molecule has 0 radical (unpaired) electrons. The number of hydrogen-bond acceptors (Lipinski definition) is 2. The number of benzene rings is 1. The Bertz CT molecular complexity index is 560. The summed E-state index contributed by atoms with van der Waals surface area (Å²) in [6.45, 7) is 1.96. The van der Waals surface area contributed by atoms with Gasteiger partial charge >= 0.3 is 0 Å². The molecule has 1 heterocycles. The Hall–Kier alpha value is -1.13. The van der Waals surface area contributed by atoms with E-state index >= 15 is 0 Å². The maximum absolute atomic E-state index is 12.9. The summed E-state index contributed by atoms with van der Waals surface area (Å²) >= 11 is 9.36. The summed E-state index contributed by atoms with van der Waals surface area (Å²) in [4.78, 5) is 4.19. The van der Waals surface area contributed by atoms with E-state index in [0.717, 1.165) is 10.0 Å². The van der Waals surface area contributed by atoms with Crippen LogP contribution in [0, 0.1) is 12.7 Å². The van der Waals surface area contributed by atoms with Crippen molar-refractivity contribution >= 4 is 39.0 Å². The van der Waals surface area contributed by atoms with Crippen LogP contribution in [-0.4, -0.2) is 4.98 Å². The zero-order chi connectivity index (χ0) is 12.4. The Morgan fingerprint density at radius 1 is 1.35 bits per heavy atom. The number of aromatic nitrogens is 1. The van der Waals surface area contributed by atoms with Crippen LogP contribution in [-0.2, 0) is 0 Å². The van der Waals surface area contributed by atoms with Crippen molar-refractivity contribution in [3.63, 3.8) is 0 Å². The molecular weight excluding hydrogens is 307 g/mol. The van der Waals surface area contributed by atoms with Crippen molar-refractivity contribution in [3.05, 3.63) is 51.3 Å². The first-order valence-electron chi connectivity index (χ1n) is 4.91. The summed E-state index contributed by atoms with van der Waals surface area (Å²) in [5, 5.41) is 3.37. The van der Waals surface area contributed by atoms with Crippen molar-refractivity contribution in [1.29, 1.82) is 0 Å². The monoisotopic (exact) mass is 314 g/mol. The number of nitrogens with zero attached hydrogens (tertiary/aromatic N) is 1. The number of pyridine rings is 1. The van der Waals surface area contributed by atoms with E-state index < -0.39 is 0 Å². The average molecular weight is 316 g/mol. The fourth-order valence-corrected chi connectivity index (χ4v) is 1.89. The van der Waals surface area contributed by atoms with Gasteiger partial charge in [-0.1, -0.05) is 11.6 Å². The Labute approximate surface area is 112 Å². The molecule has 88 valence electrons. The largest absolute Gasteiger partial charge is 0.338 e. The van der Waals surface area contributed by atoms with Crippen molar-refractivity contribution in [1.82, 2.24) is 4.98 Å². The van der Waals surface area contributed by atoms with E-state index in [2.05, 4.69) is 26.2 Å². The first-order chi connectivity index (χ1) is 8.08. The van der Waals surface area contributed by atoms with Gasteiger partial charge in [-0.05, 0) is 52.7 Å². The fourth-order valence-electron chi connectivity index (χ4n) is 1.35. The quantitative estimate of drug-likeness (QED) is 0.869. The van der Waals surface area contributed by atoms with E-state index in [-0.39, 0.29) is 5.82 Å².